The Morgan fingerprint density at radius 1 is 1.07 bits per heavy atom. The zero-order valence-corrected chi connectivity index (χ0v) is 16.7. The zero-order chi connectivity index (χ0) is 19.7. The maximum Gasteiger partial charge on any atom is 0.230 e. The zero-order valence-electron chi connectivity index (χ0n) is 15.8. The van der Waals surface area contributed by atoms with Gasteiger partial charge in [0.1, 0.15) is 5.52 Å². The molecule has 0 aliphatic carbocycles. The largest absolute Gasteiger partial charge is 0.437 e. The minimum atomic E-state index is -0.0717. The van der Waals surface area contributed by atoms with E-state index in [2.05, 4.69) is 9.97 Å². The van der Waals surface area contributed by atoms with Crippen molar-refractivity contribution in [3.63, 3.8) is 0 Å². The molecular formula is C22H19N3O2S. The van der Waals surface area contributed by atoms with Crippen molar-refractivity contribution in [2.24, 2.45) is 0 Å². The van der Waals surface area contributed by atoms with Gasteiger partial charge in [-0.2, -0.15) is 0 Å². The Kier molecular flexibility index (Phi) is 4.79. The summed E-state index contributed by atoms with van der Waals surface area (Å²) in [6, 6.07) is 13.6. The van der Waals surface area contributed by atoms with Crippen LogP contribution in [-0.4, -0.2) is 15.9 Å². The predicted molar refractivity (Wildman–Crippen MR) is 114 cm³/mol. The molecule has 0 saturated carbocycles. The van der Waals surface area contributed by atoms with Gasteiger partial charge in [-0.05, 0) is 49.2 Å². The Hall–Kier alpha value is -3.25. The molecule has 0 aliphatic rings. The van der Waals surface area contributed by atoms with Crippen LogP contribution in [0.15, 0.2) is 52.3 Å². The number of anilines is 2. The molecule has 28 heavy (non-hydrogen) atoms. The van der Waals surface area contributed by atoms with E-state index in [1.165, 1.54) is 11.3 Å². The van der Waals surface area contributed by atoms with Crippen LogP contribution >= 0.6 is 11.3 Å². The average Bonchev–Trinajstić information content (AvgIpc) is 3.30. The van der Waals surface area contributed by atoms with E-state index in [1.807, 2.05) is 67.8 Å². The lowest BCUT2D eigenvalue weighted by Gasteiger charge is -2.21. The number of thiazole rings is 1. The van der Waals surface area contributed by atoms with Crippen molar-refractivity contribution in [1.29, 1.82) is 0 Å². The number of hydrogen-bond acceptors (Lipinski definition) is 5. The summed E-state index contributed by atoms with van der Waals surface area (Å²) in [4.78, 5) is 23.0. The van der Waals surface area contributed by atoms with E-state index >= 15 is 0 Å². The quantitative estimate of drug-likeness (QED) is 0.445. The molecule has 0 spiro atoms. The smallest absolute Gasteiger partial charge is 0.230 e. The molecule has 0 radical (unpaired) electrons. The highest BCUT2D eigenvalue weighted by molar-refractivity contribution is 7.14. The minimum Gasteiger partial charge on any atom is -0.437 e. The van der Waals surface area contributed by atoms with Crippen LogP contribution in [0.1, 0.15) is 29.6 Å². The van der Waals surface area contributed by atoms with Gasteiger partial charge < -0.3 is 4.42 Å². The second-order valence-electron chi connectivity index (χ2n) is 6.48. The van der Waals surface area contributed by atoms with Gasteiger partial charge in [-0.3, -0.25) is 9.69 Å². The SMILES string of the molecule is CC(=O)N(c1nc(C=Cc2nc3ccccc3o2)cs1)c1cccc(C)c1C. The number of nitrogens with zero attached hydrogens (tertiary/aromatic N) is 3. The number of carbonyl (C=O) groups is 1. The summed E-state index contributed by atoms with van der Waals surface area (Å²) < 4.78 is 5.69. The Morgan fingerprint density at radius 2 is 1.89 bits per heavy atom. The molecule has 0 fully saturated rings. The summed E-state index contributed by atoms with van der Waals surface area (Å²) in [5.74, 6) is 0.450. The Morgan fingerprint density at radius 3 is 2.68 bits per heavy atom. The van der Waals surface area contributed by atoms with E-state index in [9.17, 15) is 4.79 Å². The van der Waals surface area contributed by atoms with Gasteiger partial charge in [0.2, 0.25) is 11.8 Å². The highest BCUT2D eigenvalue weighted by Crippen LogP contribution is 2.32. The van der Waals surface area contributed by atoms with Gasteiger partial charge in [-0.15, -0.1) is 11.3 Å². The molecular weight excluding hydrogens is 370 g/mol. The normalized spacial score (nSPS) is 11.4. The number of aromatic nitrogens is 2. The number of benzene rings is 2. The van der Waals surface area contributed by atoms with Crippen LogP contribution in [0.4, 0.5) is 10.8 Å². The lowest BCUT2D eigenvalue weighted by Crippen LogP contribution is -2.23. The van der Waals surface area contributed by atoms with E-state index in [-0.39, 0.29) is 5.91 Å². The van der Waals surface area contributed by atoms with Crippen LogP contribution in [0.2, 0.25) is 0 Å². The number of fused-ring (bicyclic) bond motifs is 1. The van der Waals surface area contributed by atoms with E-state index in [4.69, 9.17) is 4.42 Å². The second kappa shape index (κ2) is 7.40. The van der Waals surface area contributed by atoms with Crippen LogP contribution in [0.25, 0.3) is 23.3 Å². The fourth-order valence-electron chi connectivity index (χ4n) is 2.96. The average molecular weight is 389 g/mol. The van der Waals surface area contributed by atoms with E-state index in [0.717, 1.165) is 33.6 Å². The van der Waals surface area contributed by atoms with E-state index in [0.29, 0.717) is 11.0 Å². The van der Waals surface area contributed by atoms with Crippen LogP contribution in [-0.2, 0) is 4.79 Å². The second-order valence-corrected chi connectivity index (χ2v) is 7.32. The summed E-state index contributed by atoms with van der Waals surface area (Å²) in [6.45, 7) is 5.60. The van der Waals surface area contributed by atoms with Crippen molar-refractivity contribution in [3.8, 4) is 0 Å². The first kappa shape index (κ1) is 18.1. The van der Waals surface area contributed by atoms with Crippen molar-refractivity contribution in [2.75, 3.05) is 4.90 Å². The van der Waals surface area contributed by atoms with Crippen LogP contribution in [0.3, 0.4) is 0 Å². The summed E-state index contributed by atoms with van der Waals surface area (Å²) in [7, 11) is 0. The van der Waals surface area contributed by atoms with Crippen LogP contribution in [0.5, 0.6) is 0 Å². The predicted octanol–water partition coefficient (Wildman–Crippen LogP) is 5.76. The molecule has 0 saturated heterocycles. The fourth-order valence-corrected chi connectivity index (χ4v) is 3.81. The third kappa shape index (κ3) is 3.46. The molecule has 0 N–H and O–H groups in total. The first-order valence-corrected chi connectivity index (χ1v) is 9.77. The summed E-state index contributed by atoms with van der Waals surface area (Å²) >= 11 is 1.43. The minimum absolute atomic E-state index is 0.0717. The van der Waals surface area contributed by atoms with Crippen molar-refractivity contribution in [1.82, 2.24) is 9.97 Å². The summed E-state index contributed by atoms with van der Waals surface area (Å²) in [5, 5.41) is 2.55. The van der Waals surface area contributed by atoms with Gasteiger partial charge >= 0.3 is 0 Å². The highest BCUT2D eigenvalue weighted by Gasteiger charge is 2.19. The number of aryl methyl sites for hydroxylation is 1. The summed E-state index contributed by atoms with van der Waals surface area (Å²) in [6.07, 6.45) is 3.63. The molecule has 4 rings (SSSR count). The third-order valence-corrected chi connectivity index (χ3v) is 5.38. The van der Waals surface area contributed by atoms with Gasteiger partial charge in [0.15, 0.2) is 10.7 Å². The Labute approximate surface area is 167 Å². The molecule has 0 bridgehead atoms. The number of oxazole rings is 1. The highest BCUT2D eigenvalue weighted by atomic mass is 32.1. The number of para-hydroxylation sites is 2. The molecule has 2 heterocycles. The Balaban J connectivity index is 1.63. The van der Waals surface area contributed by atoms with Crippen molar-refractivity contribution >= 4 is 51.3 Å². The van der Waals surface area contributed by atoms with Crippen LogP contribution in [0, 0.1) is 13.8 Å². The fraction of sp³-hybridized carbons (Fsp3) is 0.136. The molecule has 2 aromatic heterocycles. The number of carbonyl (C=O) groups excluding carboxylic acids is 1. The molecule has 0 unspecified atom stereocenters. The van der Waals surface area contributed by atoms with Crippen molar-refractivity contribution in [3.05, 3.63) is 70.6 Å². The molecule has 2 aromatic carbocycles. The molecule has 140 valence electrons. The number of hydrogen-bond donors (Lipinski definition) is 0. The maximum absolute atomic E-state index is 12.3. The topological polar surface area (TPSA) is 59.2 Å². The van der Waals surface area contributed by atoms with Crippen molar-refractivity contribution < 1.29 is 9.21 Å². The van der Waals surface area contributed by atoms with Gasteiger partial charge in [0.25, 0.3) is 0 Å². The van der Waals surface area contributed by atoms with Gasteiger partial charge in [-0.1, -0.05) is 24.3 Å². The first-order chi connectivity index (χ1) is 13.5. The number of amides is 1. The van der Waals surface area contributed by atoms with E-state index < -0.39 is 0 Å². The van der Waals surface area contributed by atoms with Crippen LogP contribution < -0.4 is 4.90 Å². The maximum atomic E-state index is 12.3. The molecule has 0 atom stereocenters. The molecule has 6 heteroatoms. The van der Waals surface area contributed by atoms with Gasteiger partial charge in [0, 0.05) is 18.4 Å². The van der Waals surface area contributed by atoms with Crippen molar-refractivity contribution in [2.45, 2.75) is 20.8 Å². The van der Waals surface area contributed by atoms with Gasteiger partial charge in [0.05, 0.1) is 11.4 Å². The monoisotopic (exact) mass is 389 g/mol. The molecule has 1 amide bonds. The van der Waals surface area contributed by atoms with E-state index in [1.54, 1.807) is 17.9 Å². The Bertz CT molecular complexity index is 1160. The lowest BCUT2D eigenvalue weighted by molar-refractivity contribution is -0.115. The molecule has 4 aromatic rings. The first-order valence-electron chi connectivity index (χ1n) is 8.89. The molecule has 5 nitrogen and oxygen atoms in total. The summed E-state index contributed by atoms with van der Waals surface area (Å²) in [5.41, 5.74) is 5.38. The lowest BCUT2D eigenvalue weighted by atomic mass is 10.1. The van der Waals surface area contributed by atoms with Gasteiger partial charge in [-0.25, -0.2) is 9.97 Å². The molecule has 0 aliphatic heterocycles. The number of rotatable bonds is 4. The standard InChI is InChI=1S/C22H19N3O2S/c1-14-7-6-9-19(15(14)2)25(16(3)26)22-23-17(13-28-22)11-12-21-24-18-8-4-5-10-20(18)27-21/h4-13H,1-3H3. The third-order valence-electron chi connectivity index (χ3n) is 4.54.